The van der Waals surface area contributed by atoms with Crippen LogP contribution in [0.5, 0.6) is 5.75 Å². The number of hydrogen-bond donors (Lipinski definition) is 0. The average molecular weight is 501 g/mol. The van der Waals surface area contributed by atoms with Crippen LogP contribution in [0.2, 0.25) is 5.02 Å². The Morgan fingerprint density at radius 3 is 2.48 bits per heavy atom. The maximum Gasteiger partial charge on any atom is 0.166 e. The Labute approximate surface area is 197 Å². The van der Waals surface area contributed by atoms with E-state index in [1.165, 1.54) is 0 Å². The molecule has 3 nitrogen and oxygen atoms in total. The summed E-state index contributed by atoms with van der Waals surface area (Å²) in [4.78, 5) is 12.9. The van der Waals surface area contributed by atoms with Gasteiger partial charge in [0.1, 0.15) is 17.9 Å². The van der Waals surface area contributed by atoms with Gasteiger partial charge in [-0.3, -0.25) is 4.79 Å². The molecule has 5 heteroatoms. The molecule has 0 amide bonds. The lowest BCUT2D eigenvalue weighted by Gasteiger charge is -2.63. The maximum absolute atomic E-state index is 12.9. The molecule has 2 aromatic carbocycles. The van der Waals surface area contributed by atoms with E-state index in [0.717, 1.165) is 34.9 Å². The van der Waals surface area contributed by atoms with Gasteiger partial charge < -0.3 is 4.74 Å². The normalized spacial score (nSPS) is 25.5. The first-order chi connectivity index (χ1) is 14.6. The summed E-state index contributed by atoms with van der Waals surface area (Å²) in [5.74, 6) is 1.51. The number of rotatable bonds is 5. The number of benzene rings is 2. The first-order valence-corrected chi connectivity index (χ1v) is 11.9. The van der Waals surface area contributed by atoms with Crippen LogP contribution in [-0.4, -0.2) is 11.9 Å². The Hall–Kier alpha value is -1.83. The standard InChI is InChI=1S/C26H27BrClNO2/c1-25(2)22(10-6-15-11-17-12-18(27)7-9-20(17)23(15)30)26(3,4)24(25)31-19-8-5-16(14-29)21(28)13-19/h5,7-9,12-13,15,22,24H,6,10-11H2,1-4H3/t15?,22-,24-. The van der Waals surface area contributed by atoms with Crippen LogP contribution in [0.15, 0.2) is 40.9 Å². The number of hydrogen-bond acceptors (Lipinski definition) is 3. The Bertz CT molecular complexity index is 1070. The van der Waals surface area contributed by atoms with Crippen LogP contribution < -0.4 is 4.74 Å². The molecule has 2 aliphatic carbocycles. The van der Waals surface area contributed by atoms with E-state index in [-0.39, 0.29) is 28.6 Å². The second kappa shape index (κ2) is 7.94. The molecule has 162 valence electrons. The van der Waals surface area contributed by atoms with Crippen LogP contribution in [0.25, 0.3) is 0 Å². The van der Waals surface area contributed by atoms with Crippen molar-refractivity contribution < 1.29 is 9.53 Å². The number of nitrogens with zero attached hydrogens (tertiary/aromatic N) is 1. The number of nitriles is 1. The molecule has 1 fully saturated rings. The highest BCUT2D eigenvalue weighted by Gasteiger charge is 2.62. The van der Waals surface area contributed by atoms with Crippen molar-refractivity contribution in [2.24, 2.45) is 22.7 Å². The number of fused-ring (bicyclic) bond motifs is 1. The summed E-state index contributed by atoms with van der Waals surface area (Å²) in [6.07, 6.45) is 2.77. The van der Waals surface area contributed by atoms with E-state index in [1.807, 2.05) is 18.2 Å². The molecule has 0 bridgehead atoms. The highest BCUT2D eigenvalue weighted by molar-refractivity contribution is 9.10. The van der Waals surface area contributed by atoms with Crippen molar-refractivity contribution in [1.29, 1.82) is 5.26 Å². The second-order valence-corrected chi connectivity index (χ2v) is 11.4. The largest absolute Gasteiger partial charge is 0.489 e. The Balaban J connectivity index is 1.43. The number of carbonyl (C=O) groups is 1. The Morgan fingerprint density at radius 2 is 1.84 bits per heavy atom. The average Bonchev–Trinajstić information content (AvgIpc) is 3.00. The molecule has 31 heavy (non-hydrogen) atoms. The van der Waals surface area contributed by atoms with Crippen LogP contribution in [-0.2, 0) is 6.42 Å². The molecule has 0 aliphatic heterocycles. The Kier molecular flexibility index (Phi) is 5.73. The quantitative estimate of drug-likeness (QED) is 0.435. The van der Waals surface area contributed by atoms with E-state index < -0.39 is 0 Å². The van der Waals surface area contributed by atoms with E-state index in [1.54, 1.807) is 12.1 Å². The minimum atomic E-state index is -0.0264. The minimum Gasteiger partial charge on any atom is -0.489 e. The lowest BCUT2D eigenvalue weighted by Crippen LogP contribution is -2.65. The van der Waals surface area contributed by atoms with Crippen LogP contribution in [0, 0.1) is 34.0 Å². The van der Waals surface area contributed by atoms with Crippen molar-refractivity contribution in [2.75, 3.05) is 0 Å². The summed E-state index contributed by atoms with van der Waals surface area (Å²) in [5.41, 5.74) is 2.45. The van der Waals surface area contributed by atoms with E-state index in [0.29, 0.717) is 22.3 Å². The number of halogens is 2. The first-order valence-electron chi connectivity index (χ1n) is 10.7. The van der Waals surface area contributed by atoms with Crippen molar-refractivity contribution in [2.45, 2.75) is 53.1 Å². The molecular formula is C26H27BrClNO2. The molecule has 0 saturated heterocycles. The summed E-state index contributed by atoms with van der Waals surface area (Å²) in [5, 5.41) is 9.50. The van der Waals surface area contributed by atoms with Gasteiger partial charge >= 0.3 is 0 Å². The van der Waals surface area contributed by atoms with Crippen molar-refractivity contribution >= 4 is 33.3 Å². The summed E-state index contributed by atoms with van der Waals surface area (Å²) in [6.45, 7) is 9.00. The maximum atomic E-state index is 12.9. The molecule has 1 unspecified atom stereocenters. The Morgan fingerprint density at radius 1 is 1.13 bits per heavy atom. The van der Waals surface area contributed by atoms with Gasteiger partial charge in [-0.05, 0) is 55.0 Å². The molecule has 1 atom stereocenters. The van der Waals surface area contributed by atoms with Gasteiger partial charge in [0.15, 0.2) is 5.78 Å². The third kappa shape index (κ3) is 3.81. The molecule has 0 heterocycles. The van der Waals surface area contributed by atoms with Crippen molar-refractivity contribution in [3.63, 3.8) is 0 Å². The van der Waals surface area contributed by atoms with Gasteiger partial charge in [0.05, 0.1) is 10.6 Å². The van der Waals surface area contributed by atoms with E-state index in [4.69, 9.17) is 21.6 Å². The van der Waals surface area contributed by atoms with Crippen LogP contribution in [0.3, 0.4) is 0 Å². The van der Waals surface area contributed by atoms with Crippen molar-refractivity contribution in [1.82, 2.24) is 0 Å². The van der Waals surface area contributed by atoms with Crippen LogP contribution >= 0.6 is 27.5 Å². The SMILES string of the molecule is CC1(C)[C@H](CCC2Cc3cc(Br)ccc3C2=O)C(C)(C)[C@H]1Oc1ccc(C#N)c(Cl)c1. The fraction of sp³-hybridized carbons (Fsp3) is 0.462. The summed E-state index contributed by atoms with van der Waals surface area (Å²) >= 11 is 9.71. The molecule has 2 aromatic rings. The lowest BCUT2D eigenvalue weighted by atomic mass is 9.44. The zero-order valence-corrected chi connectivity index (χ0v) is 20.7. The van der Waals surface area contributed by atoms with Gasteiger partial charge in [-0.25, -0.2) is 0 Å². The van der Waals surface area contributed by atoms with Gasteiger partial charge in [0, 0.05) is 32.9 Å². The van der Waals surface area contributed by atoms with Crippen LogP contribution in [0.4, 0.5) is 0 Å². The molecule has 0 radical (unpaired) electrons. The number of ketones is 1. The van der Waals surface area contributed by atoms with E-state index in [9.17, 15) is 4.79 Å². The zero-order chi connectivity index (χ0) is 22.6. The first kappa shape index (κ1) is 22.4. The lowest BCUT2D eigenvalue weighted by molar-refractivity contribution is -0.201. The highest BCUT2D eigenvalue weighted by Crippen LogP contribution is 2.62. The van der Waals surface area contributed by atoms with Gasteiger partial charge in [0.2, 0.25) is 0 Å². The second-order valence-electron chi connectivity index (χ2n) is 10.1. The van der Waals surface area contributed by atoms with Crippen LogP contribution in [0.1, 0.15) is 62.0 Å². The van der Waals surface area contributed by atoms with Crippen molar-refractivity contribution in [3.8, 4) is 11.8 Å². The summed E-state index contributed by atoms with van der Waals surface area (Å²) in [7, 11) is 0. The van der Waals surface area contributed by atoms with E-state index in [2.05, 4.69) is 55.8 Å². The zero-order valence-electron chi connectivity index (χ0n) is 18.3. The highest BCUT2D eigenvalue weighted by atomic mass is 79.9. The molecule has 0 spiro atoms. The van der Waals surface area contributed by atoms with Crippen molar-refractivity contribution in [3.05, 3.63) is 62.6 Å². The molecule has 2 aliphatic rings. The summed E-state index contributed by atoms with van der Waals surface area (Å²) in [6, 6.07) is 13.3. The third-order valence-corrected chi connectivity index (χ3v) is 8.24. The number of ether oxygens (including phenoxy) is 1. The fourth-order valence-corrected chi connectivity index (χ4v) is 6.80. The number of Topliss-reactive ketones (excluding diaryl/α,β-unsaturated/α-hetero) is 1. The molecule has 0 N–H and O–H groups in total. The van der Waals surface area contributed by atoms with Gasteiger partial charge in [-0.15, -0.1) is 0 Å². The predicted molar refractivity (Wildman–Crippen MR) is 127 cm³/mol. The topological polar surface area (TPSA) is 50.1 Å². The van der Waals surface area contributed by atoms with E-state index >= 15 is 0 Å². The minimum absolute atomic E-state index is 0.0264. The molecular weight excluding hydrogens is 474 g/mol. The van der Waals surface area contributed by atoms with Gasteiger partial charge in [-0.2, -0.15) is 5.26 Å². The monoisotopic (exact) mass is 499 g/mol. The number of carbonyl (C=O) groups excluding carboxylic acids is 1. The van der Waals surface area contributed by atoms with Gasteiger partial charge in [0.25, 0.3) is 0 Å². The molecule has 0 aromatic heterocycles. The molecule has 4 rings (SSSR count). The summed E-state index contributed by atoms with van der Waals surface area (Å²) < 4.78 is 7.41. The predicted octanol–water partition coefficient (Wildman–Crippen LogP) is 7.24. The molecule has 1 saturated carbocycles. The van der Waals surface area contributed by atoms with Gasteiger partial charge in [-0.1, -0.05) is 61.3 Å². The fourth-order valence-electron chi connectivity index (χ4n) is 6.18. The smallest absolute Gasteiger partial charge is 0.166 e. The third-order valence-electron chi connectivity index (χ3n) is 7.44.